The molecular formula is C28H36F2N6O3S. The van der Waals surface area contributed by atoms with Crippen LogP contribution in [-0.4, -0.2) is 28.6 Å². The van der Waals surface area contributed by atoms with Crippen molar-refractivity contribution >= 4 is 28.3 Å². The highest BCUT2D eigenvalue weighted by atomic mass is 32.1. The molecule has 0 saturated heterocycles. The van der Waals surface area contributed by atoms with Gasteiger partial charge in [0.25, 0.3) is 0 Å². The van der Waals surface area contributed by atoms with Crippen LogP contribution in [0.25, 0.3) is 0 Å². The number of halogens is 2. The lowest BCUT2D eigenvalue weighted by molar-refractivity contribution is -0.119. The molecule has 0 radical (unpaired) electrons. The van der Waals surface area contributed by atoms with Crippen molar-refractivity contribution in [3.63, 3.8) is 0 Å². The molecule has 40 heavy (non-hydrogen) atoms. The smallest absolute Gasteiger partial charge is 0.387 e. The lowest BCUT2D eigenvalue weighted by Crippen LogP contribution is -2.27. The minimum Gasteiger partial charge on any atom is -0.435 e. The number of hydrogen-bond acceptors (Lipinski definition) is 8. The van der Waals surface area contributed by atoms with Gasteiger partial charge in [-0.15, -0.1) is 10.2 Å². The maximum absolute atomic E-state index is 12.4. The van der Waals surface area contributed by atoms with Gasteiger partial charge in [-0.05, 0) is 62.5 Å². The number of carbonyl (C=O) groups is 2. The highest BCUT2D eigenvalue weighted by Gasteiger charge is 2.11. The molecule has 0 aliphatic carbocycles. The highest BCUT2D eigenvalue weighted by Crippen LogP contribution is 2.20. The second kappa shape index (κ2) is 17.5. The Labute approximate surface area is 237 Å². The maximum atomic E-state index is 12.4. The number of aryl methyl sites for hydroxylation is 1. The first-order valence-electron chi connectivity index (χ1n) is 12.9. The molecule has 0 saturated carbocycles. The minimum absolute atomic E-state index is 0.00498. The second-order valence-electron chi connectivity index (χ2n) is 8.75. The third-order valence-corrected chi connectivity index (χ3v) is 6.33. The average molecular weight is 575 g/mol. The van der Waals surface area contributed by atoms with Gasteiger partial charge in [0.15, 0.2) is 0 Å². The molecule has 216 valence electrons. The van der Waals surface area contributed by atoms with Crippen LogP contribution in [0.2, 0.25) is 0 Å². The largest absolute Gasteiger partial charge is 0.435 e. The van der Waals surface area contributed by atoms with Gasteiger partial charge >= 0.3 is 6.61 Å². The van der Waals surface area contributed by atoms with E-state index in [1.54, 1.807) is 24.3 Å². The van der Waals surface area contributed by atoms with E-state index in [-0.39, 0.29) is 36.2 Å². The summed E-state index contributed by atoms with van der Waals surface area (Å²) in [6.07, 6.45) is 13.0. The van der Waals surface area contributed by atoms with E-state index in [0.29, 0.717) is 29.2 Å². The molecule has 12 heteroatoms. The highest BCUT2D eigenvalue weighted by molar-refractivity contribution is 7.15. The fraction of sp³-hybridized carbons (Fsp3) is 0.357. The van der Waals surface area contributed by atoms with E-state index in [1.807, 2.05) is 32.1 Å². The van der Waals surface area contributed by atoms with Crippen molar-refractivity contribution in [1.82, 2.24) is 15.5 Å². The zero-order valence-corrected chi connectivity index (χ0v) is 23.5. The summed E-state index contributed by atoms with van der Waals surface area (Å²) >= 11 is 1.27. The Bertz CT molecular complexity index is 1240. The van der Waals surface area contributed by atoms with Crippen molar-refractivity contribution in [3.8, 4) is 5.75 Å². The van der Waals surface area contributed by atoms with E-state index >= 15 is 0 Å². The van der Waals surface area contributed by atoms with Crippen molar-refractivity contribution in [1.29, 1.82) is 0 Å². The van der Waals surface area contributed by atoms with Crippen molar-refractivity contribution in [2.75, 3.05) is 5.32 Å². The van der Waals surface area contributed by atoms with E-state index in [1.165, 1.54) is 23.5 Å². The normalized spacial score (nSPS) is 12.7. The maximum Gasteiger partial charge on any atom is 0.387 e. The molecule has 0 aliphatic rings. The summed E-state index contributed by atoms with van der Waals surface area (Å²) in [6, 6.07) is 5.99. The van der Waals surface area contributed by atoms with Crippen molar-refractivity contribution < 1.29 is 23.1 Å². The van der Waals surface area contributed by atoms with Gasteiger partial charge in [-0.25, -0.2) is 0 Å². The van der Waals surface area contributed by atoms with Gasteiger partial charge in [0.2, 0.25) is 16.9 Å². The molecule has 2 rings (SSSR count). The number of anilines is 1. The van der Waals surface area contributed by atoms with Gasteiger partial charge in [-0.1, -0.05) is 54.2 Å². The quantitative estimate of drug-likeness (QED) is 0.161. The van der Waals surface area contributed by atoms with Crippen LogP contribution in [-0.2, 0) is 22.4 Å². The zero-order valence-electron chi connectivity index (χ0n) is 22.7. The van der Waals surface area contributed by atoms with Crippen LogP contribution < -0.4 is 26.8 Å². The number of carbonyl (C=O) groups excluding carboxylic acids is 2. The molecule has 1 heterocycles. The Kier molecular flexibility index (Phi) is 14.1. The monoisotopic (exact) mass is 574 g/mol. The number of hydrogen-bond donors (Lipinski definition) is 4. The number of aromatic nitrogens is 2. The van der Waals surface area contributed by atoms with Crippen LogP contribution in [0.15, 0.2) is 71.7 Å². The lowest BCUT2D eigenvalue weighted by atomic mass is 10.1. The van der Waals surface area contributed by atoms with E-state index in [9.17, 15) is 18.4 Å². The summed E-state index contributed by atoms with van der Waals surface area (Å²) < 4.78 is 29.1. The number of unbranched alkanes of at least 4 members (excludes halogenated alkanes) is 1. The first-order chi connectivity index (χ1) is 19.2. The van der Waals surface area contributed by atoms with Crippen LogP contribution in [0.4, 0.5) is 13.9 Å². The number of nitrogens with one attached hydrogen (secondary N) is 2. The standard InChI is InChI=1S/C28H36F2N6O3S/c1-3-5-9-19(4-2)17-24(37)33-23(32)15-14-21(31)11-6-7-13-26-35-36-28(40-26)34-25(38)18-20-10-8-12-22(16-20)39-27(29)30/h3,5,8-10,12,14-16,27H,4,6-7,11,13,17-18,31-32H2,1-2H3,(H,33,37)(H,34,36,38)/b5-3-,19-9+,21-14-,23-15+. The van der Waals surface area contributed by atoms with Gasteiger partial charge in [-0.2, -0.15) is 8.78 Å². The number of rotatable bonds is 16. The number of benzene rings is 1. The SMILES string of the molecule is C/C=C\C=C(/CC)CC(=O)N/C(N)=C/C=C(\N)CCCCc1nnc(NC(=O)Cc2cccc(OC(F)F)c2)s1. The molecule has 1 aromatic heterocycles. The molecule has 0 atom stereocenters. The fourth-order valence-corrected chi connectivity index (χ4v) is 4.26. The molecule has 9 nitrogen and oxygen atoms in total. The van der Waals surface area contributed by atoms with E-state index in [0.717, 1.165) is 29.8 Å². The molecule has 2 amide bonds. The third-order valence-electron chi connectivity index (χ3n) is 5.43. The summed E-state index contributed by atoms with van der Waals surface area (Å²) in [5, 5.41) is 14.6. The fourth-order valence-electron chi connectivity index (χ4n) is 3.46. The molecule has 1 aromatic carbocycles. The summed E-state index contributed by atoms with van der Waals surface area (Å²) in [6.45, 7) is 0.984. The lowest BCUT2D eigenvalue weighted by Gasteiger charge is -2.06. The first-order valence-corrected chi connectivity index (χ1v) is 13.7. The molecule has 0 fully saturated rings. The molecule has 0 aliphatic heterocycles. The minimum atomic E-state index is -2.93. The number of nitrogens with two attached hydrogens (primary N) is 2. The Balaban J connectivity index is 1.72. The van der Waals surface area contributed by atoms with Crippen LogP contribution in [0, 0.1) is 0 Å². The van der Waals surface area contributed by atoms with Gasteiger partial charge in [0.1, 0.15) is 16.6 Å². The van der Waals surface area contributed by atoms with Gasteiger partial charge in [-0.3, -0.25) is 9.59 Å². The second-order valence-corrected chi connectivity index (χ2v) is 9.81. The topological polar surface area (TPSA) is 145 Å². The van der Waals surface area contributed by atoms with E-state index in [4.69, 9.17) is 11.5 Å². The predicted octanol–water partition coefficient (Wildman–Crippen LogP) is 5.10. The Morgan fingerprint density at radius 3 is 2.65 bits per heavy atom. The number of nitrogens with zero attached hydrogens (tertiary/aromatic N) is 2. The Morgan fingerprint density at radius 2 is 1.93 bits per heavy atom. The summed E-state index contributed by atoms with van der Waals surface area (Å²) in [5.41, 5.74) is 14.1. The van der Waals surface area contributed by atoms with Crippen LogP contribution in [0.3, 0.4) is 0 Å². The number of allylic oxidation sites excluding steroid dienone is 6. The summed E-state index contributed by atoms with van der Waals surface area (Å²) in [7, 11) is 0. The third kappa shape index (κ3) is 13.1. The number of ether oxygens (including phenoxy) is 1. The number of alkyl halides is 2. The molecule has 0 bridgehead atoms. The Hall–Kier alpha value is -4.06. The molecule has 0 spiro atoms. The summed E-state index contributed by atoms with van der Waals surface area (Å²) in [4.78, 5) is 24.5. The predicted molar refractivity (Wildman–Crippen MR) is 153 cm³/mol. The average Bonchev–Trinajstić information content (AvgIpc) is 3.34. The van der Waals surface area contributed by atoms with Gasteiger partial charge in [0, 0.05) is 18.5 Å². The molecule has 0 unspecified atom stereocenters. The van der Waals surface area contributed by atoms with Gasteiger partial charge < -0.3 is 26.8 Å². The Morgan fingerprint density at radius 1 is 1.12 bits per heavy atom. The number of amides is 2. The zero-order chi connectivity index (χ0) is 29.3. The van der Waals surface area contributed by atoms with Crippen molar-refractivity contribution in [2.24, 2.45) is 11.5 Å². The van der Waals surface area contributed by atoms with Crippen molar-refractivity contribution in [3.05, 3.63) is 82.3 Å². The molecule has 2 aromatic rings. The molecular weight excluding hydrogens is 538 g/mol. The van der Waals surface area contributed by atoms with Crippen LogP contribution in [0.5, 0.6) is 5.75 Å². The van der Waals surface area contributed by atoms with E-state index < -0.39 is 6.61 Å². The van der Waals surface area contributed by atoms with Crippen molar-refractivity contribution in [2.45, 2.75) is 65.4 Å². The first kappa shape index (κ1) is 32.2. The summed E-state index contributed by atoms with van der Waals surface area (Å²) in [5.74, 6) is -0.296. The van der Waals surface area contributed by atoms with E-state index in [2.05, 4.69) is 25.6 Å². The van der Waals surface area contributed by atoms with Crippen LogP contribution >= 0.6 is 11.3 Å². The molecule has 6 N–H and O–H groups in total. The van der Waals surface area contributed by atoms with Crippen LogP contribution in [0.1, 0.15) is 56.5 Å². The van der Waals surface area contributed by atoms with Gasteiger partial charge in [0.05, 0.1) is 6.42 Å².